The van der Waals surface area contributed by atoms with E-state index in [9.17, 15) is 14.9 Å². The summed E-state index contributed by atoms with van der Waals surface area (Å²) in [7, 11) is 0. The number of carbonyl (C=O) groups is 1. The van der Waals surface area contributed by atoms with Gasteiger partial charge >= 0.3 is 6.09 Å². The van der Waals surface area contributed by atoms with Gasteiger partial charge in [-0.25, -0.2) is 9.78 Å². The second-order valence-electron chi connectivity index (χ2n) is 4.07. The molecule has 104 valence electrons. The van der Waals surface area contributed by atoms with Crippen molar-refractivity contribution in [3.8, 4) is 5.69 Å². The Morgan fingerprint density at radius 3 is 2.85 bits per heavy atom. The Morgan fingerprint density at radius 1 is 1.50 bits per heavy atom. The zero-order valence-electron chi connectivity index (χ0n) is 10.6. The van der Waals surface area contributed by atoms with E-state index in [0.717, 1.165) is 0 Å². The van der Waals surface area contributed by atoms with Gasteiger partial charge in [-0.3, -0.25) is 14.7 Å². The fourth-order valence-electron chi connectivity index (χ4n) is 1.91. The Kier molecular flexibility index (Phi) is 3.65. The van der Waals surface area contributed by atoms with Crippen molar-refractivity contribution in [2.75, 3.05) is 0 Å². The van der Waals surface area contributed by atoms with Crippen LogP contribution in [0.1, 0.15) is 18.8 Å². The van der Waals surface area contributed by atoms with Crippen LogP contribution in [0.5, 0.6) is 0 Å². The van der Waals surface area contributed by atoms with Gasteiger partial charge in [0.2, 0.25) is 0 Å². The summed E-state index contributed by atoms with van der Waals surface area (Å²) in [5, 5.41) is 22.0. The molecule has 2 N–H and O–H groups in total. The predicted octanol–water partition coefficient (Wildman–Crippen LogP) is 2.11. The van der Waals surface area contributed by atoms with Crippen LogP contribution in [-0.2, 0) is 0 Å². The molecule has 0 spiro atoms. The highest BCUT2D eigenvalue weighted by Gasteiger charge is 2.20. The average molecular weight is 276 g/mol. The molecule has 0 aliphatic heterocycles. The van der Waals surface area contributed by atoms with Crippen molar-refractivity contribution in [2.24, 2.45) is 0 Å². The summed E-state index contributed by atoms with van der Waals surface area (Å²) in [6.45, 7) is 1.61. The van der Waals surface area contributed by atoms with Crippen molar-refractivity contribution < 1.29 is 14.8 Å². The number of nitrogens with zero attached hydrogens (tertiary/aromatic N) is 3. The molecule has 8 nitrogen and oxygen atoms in total. The summed E-state index contributed by atoms with van der Waals surface area (Å²) in [6.07, 6.45) is 1.83. The summed E-state index contributed by atoms with van der Waals surface area (Å²) in [6, 6.07) is 5.60. The molecule has 2 rings (SSSR count). The minimum Gasteiger partial charge on any atom is -0.465 e. The van der Waals surface area contributed by atoms with E-state index in [1.54, 1.807) is 31.3 Å². The van der Waals surface area contributed by atoms with E-state index in [1.807, 2.05) is 0 Å². The summed E-state index contributed by atoms with van der Waals surface area (Å²) in [5.41, 5.74) is 0.262. The number of carboxylic acid groups (broad SMARTS) is 1. The number of benzene rings is 1. The third kappa shape index (κ3) is 2.58. The molecule has 0 saturated heterocycles. The first-order valence-electron chi connectivity index (χ1n) is 5.77. The molecular weight excluding hydrogens is 264 g/mol. The molecule has 2 aromatic rings. The number of para-hydroxylation sites is 2. The van der Waals surface area contributed by atoms with E-state index < -0.39 is 17.1 Å². The number of aromatic nitrogens is 2. The zero-order chi connectivity index (χ0) is 14.7. The van der Waals surface area contributed by atoms with Crippen molar-refractivity contribution in [2.45, 2.75) is 13.0 Å². The van der Waals surface area contributed by atoms with Gasteiger partial charge in [-0.2, -0.15) is 0 Å². The van der Waals surface area contributed by atoms with Crippen LogP contribution in [0, 0.1) is 10.1 Å². The average Bonchev–Trinajstić information content (AvgIpc) is 2.87. The Hall–Kier alpha value is -2.90. The summed E-state index contributed by atoms with van der Waals surface area (Å²) in [4.78, 5) is 25.3. The number of nitrogens with one attached hydrogen (secondary N) is 1. The number of rotatable bonds is 4. The van der Waals surface area contributed by atoms with E-state index >= 15 is 0 Å². The summed E-state index contributed by atoms with van der Waals surface area (Å²) >= 11 is 0. The first kappa shape index (κ1) is 13.5. The molecule has 0 saturated carbocycles. The van der Waals surface area contributed by atoms with Gasteiger partial charge in [0.15, 0.2) is 0 Å². The maximum atomic E-state index is 11.0. The lowest BCUT2D eigenvalue weighted by atomic mass is 10.2. The molecule has 1 unspecified atom stereocenters. The number of imidazole rings is 1. The minimum absolute atomic E-state index is 0.0747. The Balaban J connectivity index is 2.47. The van der Waals surface area contributed by atoms with Gasteiger partial charge in [0.1, 0.15) is 11.5 Å². The number of nitro groups is 1. The third-order valence-electron chi connectivity index (χ3n) is 2.73. The molecule has 1 aromatic carbocycles. The number of hydrogen-bond acceptors (Lipinski definition) is 4. The number of amides is 1. The van der Waals surface area contributed by atoms with E-state index in [1.165, 1.54) is 16.8 Å². The van der Waals surface area contributed by atoms with Crippen LogP contribution in [0.25, 0.3) is 5.69 Å². The predicted molar refractivity (Wildman–Crippen MR) is 69.8 cm³/mol. The van der Waals surface area contributed by atoms with Crippen LogP contribution in [0.2, 0.25) is 0 Å². The van der Waals surface area contributed by atoms with Crippen molar-refractivity contribution in [1.29, 1.82) is 0 Å². The first-order chi connectivity index (χ1) is 9.50. The molecule has 0 radical (unpaired) electrons. The molecule has 20 heavy (non-hydrogen) atoms. The molecule has 8 heteroatoms. The van der Waals surface area contributed by atoms with Crippen LogP contribution in [0.3, 0.4) is 0 Å². The molecule has 0 aliphatic carbocycles. The first-order valence-corrected chi connectivity index (χ1v) is 5.77. The smallest absolute Gasteiger partial charge is 0.405 e. The highest BCUT2D eigenvalue weighted by atomic mass is 16.6. The Morgan fingerprint density at radius 2 is 2.20 bits per heavy atom. The highest BCUT2D eigenvalue weighted by molar-refractivity contribution is 5.65. The normalized spacial score (nSPS) is 11.8. The van der Waals surface area contributed by atoms with Crippen LogP contribution in [-0.4, -0.2) is 25.7 Å². The Bertz CT molecular complexity index is 652. The van der Waals surface area contributed by atoms with Crippen LogP contribution in [0.15, 0.2) is 36.7 Å². The zero-order valence-corrected chi connectivity index (χ0v) is 10.6. The van der Waals surface area contributed by atoms with Gasteiger partial charge in [-0.05, 0) is 13.0 Å². The standard InChI is InChI=1S/C12H12N4O4/c1-8(14-12(17)18)11-13-6-7-15(11)9-4-2-3-5-10(9)16(19)20/h2-8,14H,1H3,(H,17,18). The molecular formula is C12H12N4O4. The highest BCUT2D eigenvalue weighted by Crippen LogP contribution is 2.25. The van der Waals surface area contributed by atoms with Gasteiger partial charge in [0.05, 0.1) is 11.0 Å². The molecule has 1 atom stereocenters. The molecule has 1 aromatic heterocycles. The number of nitro benzene ring substituents is 1. The fourth-order valence-corrected chi connectivity index (χ4v) is 1.91. The second kappa shape index (κ2) is 5.39. The van der Waals surface area contributed by atoms with Crippen molar-refractivity contribution >= 4 is 11.8 Å². The molecule has 0 fully saturated rings. The minimum atomic E-state index is -1.19. The Labute approximate surface area is 113 Å². The van der Waals surface area contributed by atoms with E-state index in [0.29, 0.717) is 11.5 Å². The largest absolute Gasteiger partial charge is 0.465 e. The van der Waals surface area contributed by atoms with Crippen LogP contribution >= 0.6 is 0 Å². The van der Waals surface area contributed by atoms with Gasteiger partial charge in [0.25, 0.3) is 5.69 Å². The molecule has 1 heterocycles. The lowest BCUT2D eigenvalue weighted by molar-refractivity contribution is -0.384. The third-order valence-corrected chi connectivity index (χ3v) is 2.73. The fraction of sp³-hybridized carbons (Fsp3) is 0.167. The van der Waals surface area contributed by atoms with E-state index in [2.05, 4.69) is 10.3 Å². The van der Waals surface area contributed by atoms with E-state index in [-0.39, 0.29) is 5.69 Å². The number of hydrogen-bond donors (Lipinski definition) is 2. The van der Waals surface area contributed by atoms with Gasteiger partial charge in [-0.1, -0.05) is 12.1 Å². The molecule has 1 amide bonds. The molecule has 0 bridgehead atoms. The van der Waals surface area contributed by atoms with E-state index in [4.69, 9.17) is 5.11 Å². The topological polar surface area (TPSA) is 110 Å². The van der Waals surface area contributed by atoms with Gasteiger partial charge < -0.3 is 10.4 Å². The SMILES string of the molecule is CC(NC(=O)O)c1nccn1-c1ccccc1[N+](=O)[O-]. The van der Waals surface area contributed by atoms with Crippen molar-refractivity contribution in [3.05, 3.63) is 52.6 Å². The summed E-state index contributed by atoms with van der Waals surface area (Å²) in [5.74, 6) is 0.377. The summed E-state index contributed by atoms with van der Waals surface area (Å²) < 4.78 is 1.50. The maximum absolute atomic E-state index is 11.0. The van der Waals surface area contributed by atoms with Gasteiger partial charge in [0, 0.05) is 18.5 Å². The molecule has 0 aliphatic rings. The van der Waals surface area contributed by atoms with Crippen LogP contribution < -0.4 is 5.32 Å². The van der Waals surface area contributed by atoms with Gasteiger partial charge in [-0.15, -0.1) is 0 Å². The van der Waals surface area contributed by atoms with Crippen molar-refractivity contribution in [1.82, 2.24) is 14.9 Å². The maximum Gasteiger partial charge on any atom is 0.405 e. The monoisotopic (exact) mass is 276 g/mol. The second-order valence-corrected chi connectivity index (χ2v) is 4.07. The van der Waals surface area contributed by atoms with Crippen molar-refractivity contribution in [3.63, 3.8) is 0 Å². The lowest BCUT2D eigenvalue weighted by Crippen LogP contribution is -2.26. The quantitative estimate of drug-likeness (QED) is 0.656. The lowest BCUT2D eigenvalue weighted by Gasteiger charge is -2.14. The van der Waals surface area contributed by atoms with Crippen LogP contribution in [0.4, 0.5) is 10.5 Å².